The van der Waals surface area contributed by atoms with E-state index in [-0.39, 0.29) is 5.03 Å². The summed E-state index contributed by atoms with van der Waals surface area (Å²) in [7, 11) is -0.547. The molecule has 0 amide bonds. The Balaban J connectivity index is 3.37. The van der Waals surface area contributed by atoms with Crippen LogP contribution in [0.1, 0.15) is 5.69 Å². The van der Waals surface area contributed by atoms with Gasteiger partial charge in [0.25, 0.3) is 10.0 Å². The molecule has 1 aromatic heterocycles. The molecule has 6 nitrogen and oxygen atoms in total. The van der Waals surface area contributed by atoms with Crippen LogP contribution in [0.5, 0.6) is 0 Å². The number of nitrogens with one attached hydrogen (secondary N) is 1. The van der Waals surface area contributed by atoms with E-state index in [9.17, 15) is 8.42 Å². The van der Waals surface area contributed by atoms with E-state index >= 15 is 0 Å². The van der Waals surface area contributed by atoms with E-state index in [2.05, 4.69) is 15.0 Å². The molecule has 0 bridgehead atoms. The van der Waals surface area contributed by atoms with Gasteiger partial charge in [-0.1, -0.05) is 5.21 Å². The van der Waals surface area contributed by atoms with Crippen molar-refractivity contribution in [1.82, 2.24) is 19.7 Å². The van der Waals surface area contributed by atoms with Crippen LogP contribution in [-0.4, -0.2) is 30.5 Å². The fraction of sp³-hybridized carbons (Fsp3) is 0.600. The van der Waals surface area contributed by atoms with E-state index in [1.54, 1.807) is 6.92 Å². The number of aromatic nitrogens is 3. The molecule has 0 aromatic carbocycles. The normalized spacial score (nSPS) is 11.9. The van der Waals surface area contributed by atoms with Gasteiger partial charge in [-0.3, -0.25) is 0 Å². The van der Waals surface area contributed by atoms with Gasteiger partial charge >= 0.3 is 0 Å². The molecule has 1 aromatic rings. The molecule has 0 saturated heterocycles. The van der Waals surface area contributed by atoms with Gasteiger partial charge in [0.05, 0.1) is 0 Å². The molecule has 68 valence electrons. The second-order valence-corrected chi connectivity index (χ2v) is 4.11. The first kappa shape index (κ1) is 9.14. The fourth-order valence-electron chi connectivity index (χ4n) is 0.917. The monoisotopic (exact) mass is 190 g/mol. The van der Waals surface area contributed by atoms with Gasteiger partial charge in [-0.15, -0.1) is 5.10 Å². The standard InChI is InChI=1S/C5H10N4O2S/c1-4-5(9(3)8-7-4)12(10,11)6-2/h6H,1-3H3. The van der Waals surface area contributed by atoms with Crippen LogP contribution in [0.2, 0.25) is 0 Å². The van der Waals surface area contributed by atoms with Crippen molar-refractivity contribution in [3.8, 4) is 0 Å². The second kappa shape index (κ2) is 2.83. The SMILES string of the molecule is CNS(=O)(=O)c1c(C)nnn1C. The maximum Gasteiger partial charge on any atom is 0.259 e. The molecule has 0 fully saturated rings. The van der Waals surface area contributed by atoms with Crippen LogP contribution in [0, 0.1) is 6.92 Å². The zero-order valence-electron chi connectivity index (χ0n) is 7.07. The quantitative estimate of drug-likeness (QED) is 0.651. The van der Waals surface area contributed by atoms with Crippen molar-refractivity contribution in [2.24, 2.45) is 7.05 Å². The van der Waals surface area contributed by atoms with Gasteiger partial charge in [0, 0.05) is 7.05 Å². The molecule has 0 aliphatic carbocycles. The Morgan fingerprint density at radius 3 is 2.42 bits per heavy atom. The highest BCUT2D eigenvalue weighted by molar-refractivity contribution is 7.89. The summed E-state index contributed by atoms with van der Waals surface area (Å²) in [5.74, 6) is 0. The molecule has 1 N–H and O–H groups in total. The Hall–Kier alpha value is -0.950. The summed E-state index contributed by atoms with van der Waals surface area (Å²) in [6.07, 6.45) is 0. The second-order valence-electron chi connectivity index (χ2n) is 2.31. The fourth-order valence-corrected chi connectivity index (χ4v) is 1.92. The first-order valence-corrected chi connectivity index (χ1v) is 4.77. The third-order valence-electron chi connectivity index (χ3n) is 1.46. The van der Waals surface area contributed by atoms with Crippen LogP contribution in [-0.2, 0) is 17.1 Å². The summed E-state index contributed by atoms with van der Waals surface area (Å²) in [6.45, 7) is 1.59. The van der Waals surface area contributed by atoms with Gasteiger partial charge in [0.1, 0.15) is 5.69 Å². The smallest absolute Gasteiger partial charge is 0.236 e. The first-order valence-electron chi connectivity index (χ1n) is 3.29. The van der Waals surface area contributed by atoms with Gasteiger partial charge in [0.2, 0.25) is 0 Å². The summed E-state index contributed by atoms with van der Waals surface area (Å²) in [5, 5.41) is 7.30. The van der Waals surface area contributed by atoms with Crippen molar-refractivity contribution < 1.29 is 8.42 Å². The van der Waals surface area contributed by atoms with Crippen LogP contribution < -0.4 is 4.72 Å². The van der Waals surface area contributed by atoms with Gasteiger partial charge in [0.15, 0.2) is 5.03 Å². The number of aryl methyl sites for hydroxylation is 2. The Morgan fingerprint density at radius 1 is 1.50 bits per heavy atom. The third-order valence-corrected chi connectivity index (χ3v) is 3.06. The van der Waals surface area contributed by atoms with Crippen LogP contribution in [0.25, 0.3) is 0 Å². The molecule has 0 radical (unpaired) electrons. The van der Waals surface area contributed by atoms with E-state index in [1.165, 1.54) is 18.8 Å². The third kappa shape index (κ3) is 1.32. The molecule has 0 aliphatic rings. The summed E-state index contributed by atoms with van der Waals surface area (Å²) < 4.78 is 26.0. The Morgan fingerprint density at radius 2 is 2.08 bits per heavy atom. The van der Waals surface area contributed by atoms with Crippen LogP contribution in [0.15, 0.2) is 5.03 Å². The molecule has 12 heavy (non-hydrogen) atoms. The summed E-state index contributed by atoms with van der Waals surface area (Å²) >= 11 is 0. The van der Waals surface area contributed by atoms with Gasteiger partial charge < -0.3 is 0 Å². The first-order chi connectivity index (χ1) is 5.49. The zero-order valence-corrected chi connectivity index (χ0v) is 7.88. The molecule has 1 heterocycles. The van der Waals surface area contributed by atoms with Gasteiger partial charge in [-0.25, -0.2) is 17.8 Å². The molecule has 0 saturated carbocycles. The highest BCUT2D eigenvalue weighted by Gasteiger charge is 2.20. The molecule has 7 heteroatoms. The number of nitrogens with zero attached hydrogens (tertiary/aromatic N) is 3. The Bertz CT molecular complexity index is 361. The van der Waals surface area contributed by atoms with Crippen molar-refractivity contribution >= 4 is 10.0 Å². The van der Waals surface area contributed by atoms with E-state index < -0.39 is 10.0 Å². The van der Waals surface area contributed by atoms with Gasteiger partial charge in [-0.05, 0) is 14.0 Å². The maximum atomic E-state index is 11.3. The maximum absolute atomic E-state index is 11.3. The summed E-state index contributed by atoms with van der Waals surface area (Å²) in [4.78, 5) is 0. The van der Waals surface area contributed by atoms with Crippen molar-refractivity contribution in [2.45, 2.75) is 11.9 Å². The highest BCUT2D eigenvalue weighted by Crippen LogP contribution is 2.08. The summed E-state index contributed by atoms with van der Waals surface area (Å²) in [6, 6.07) is 0. The predicted octanol–water partition coefficient (Wildman–Crippen LogP) is -0.968. The topological polar surface area (TPSA) is 76.9 Å². The molecule has 1 rings (SSSR count). The predicted molar refractivity (Wildman–Crippen MR) is 42.0 cm³/mol. The zero-order chi connectivity index (χ0) is 9.35. The van der Waals surface area contributed by atoms with Crippen molar-refractivity contribution in [1.29, 1.82) is 0 Å². The molecular formula is C5H10N4O2S. The Labute approximate surface area is 70.6 Å². The molecular weight excluding hydrogens is 180 g/mol. The van der Waals surface area contributed by atoms with Crippen molar-refractivity contribution in [3.05, 3.63) is 5.69 Å². The van der Waals surface area contributed by atoms with E-state index in [4.69, 9.17) is 0 Å². The molecule has 0 aliphatic heterocycles. The van der Waals surface area contributed by atoms with Crippen molar-refractivity contribution in [2.75, 3.05) is 7.05 Å². The average Bonchev–Trinajstić information content (AvgIpc) is 2.31. The Kier molecular flexibility index (Phi) is 2.16. The van der Waals surface area contributed by atoms with E-state index in [0.29, 0.717) is 5.69 Å². The minimum Gasteiger partial charge on any atom is -0.236 e. The minimum atomic E-state index is -3.43. The highest BCUT2D eigenvalue weighted by atomic mass is 32.2. The van der Waals surface area contributed by atoms with Crippen LogP contribution >= 0.6 is 0 Å². The lowest BCUT2D eigenvalue weighted by Crippen LogP contribution is -2.22. The lowest BCUT2D eigenvalue weighted by Gasteiger charge is -2.01. The van der Waals surface area contributed by atoms with E-state index in [0.717, 1.165) is 0 Å². The lowest BCUT2D eigenvalue weighted by atomic mass is 10.6. The number of hydrogen-bond donors (Lipinski definition) is 1. The molecule has 0 spiro atoms. The minimum absolute atomic E-state index is 0.102. The van der Waals surface area contributed by atoms with Crippen LogP contribution in [0.4, 0.5) is 0 Å². The molecule has 0 unspecified atom stereocenters. The van der Waals surface area contributed by atoms with Crippen LogP contribution in [0.3, 0.4) is 0 Å². The van der Waals surface area contributed by atoms with Crippen molar-refractivity contribution in [3.63, 3.8) is 0 Å². The number of hydrogen-bond acceptors (Lipinski definition) is 4. The van der Waals surface area contributed by atoms with E-state index in [1.807, 2.05) is 0 Å². The number of rotatable bonds is 2. The molecule has 0 atom stereocenters. The number of sulfonamides is 1. The van der Waals surface area contributed by atoms with Gasteiger partial charge in [-0.2, -0.15) is 0 Å². The largest absolute Gasteiger partial charge is 0.259 e. The average molecular weight is 190 g/mol. The summed E-state index contributed by atoms with van der Waals surface area (Å²) in [5.41, 5.74) is 0.395. The lowest BCUT2D eigenvalue weighted by molar-refractivity contribution is 0.566.